The molecule has 1 heterocycles. The number of carbonyl (C=O) groups is 1. The molecule has 2 N–H and O–H groups in total. The van der Waals surface area contributed by atoms with Gasteiger partial charge in [0.05, 0.1) is 18.0 Å². The van der Waals surface area contributed by atoms with Crippen molar-refractivity contribution in [2.24, 2.45) is 7.05 Å². The molecule has 0 saturated heterocycles. The van der Waals surface area contributed by atoms with Crippen molar-refractivity contribution in [3.8, 4) is 0 Å². The van der Waals surface area contributed by atoms with Crippen molar-refractivity contribution in [2.45, 2.75) is 12.5 Å². The molecule has 0 radical (unpaired) electrons. The van der Waals surface area contributed by atoms with Crippen LogP contribution in [-0.4, -0.2) is 39.4 Å². The Morgan fingerprint density at radius 2 is 2.14 bits per heavy atom. The number of aliphatic hydroxyl groups excluding tert-OH is 1. The van der Waals surface area contributed by atoms with Gasteiger partial charge in [-0.3, -0.25) is 4.68 Å². The molecular weight excluding hydrogens is 268 g/mol. The van der Waals surface area contributed by atoms with Crippen LogP contribution >= 0.6 is 0 Å². The Bertz CT molecular complexity index is 582. The maximum absolute atomic E-state index is 12.0. The maximum Gasteiger partial charge on any atom is 0.321 e. The first kappa shape index (κ1) is 15.1. The highest BCUT2D eigenvalue weighted by atomic mass is 16.3. The van der Waals surface area contributed by atoms with E-state index in [9.17, 15) is 9.90 Å². The average molecular weight is 288 g/mol. The van der Waals surface area contributed by atoms with Crippen LogP contribution in [0.15, 0.2) is 42.7 Å². The highest BCUT2D eigenvalue weighted by molar-refractivity contribution is 5.88. The van der Waals surface area contributed by atoms with Crippen LogP contribution in [0.5, 0.6) is 0 Å². The second-order valence-electron chi connectivity index (χ2n) is 4.97. The maximum atomic E-state index is 12.0. The molecule has 2 aromatic rings. The summed E-state index contributed by atoms with van der Waals surface area (Å²) in [5.41, 5.74) is 1.51. The Morgan fingerprint density at radius 1 is 1.43 bits per heavy atom. The predicted molar refractivity (Wildman–Crippen MR) is 80.9 cm³/mol. The zero-order chi connectivity index (χ0) is 15.2. The summed E-state index contributed by atoms with van der Waals surface area (Å²) in [4.78, 5) is 13.5. The summed E-state index contributed by atoms with van der Waals surface area (Å²) >= 11 is 0. The van der Waals surface area contributed by atoms with E-state index in [0.29, 0.717) is 18.7 Å². The number of hydrogen-bond acceptors (Lipinski definition) is 3. The van der Waals surface area contributed by atoms with E-state index >= 15 is 0 Å². The monoisotopic (exact) mass is 288 g/mol. The molecule has 1 aromatic heterocycles. The molecule has 0 saturated carbocycles. The summed E-state index contributed by atoms with van der Waals surface area (Å²) in [6.07, 6.45) is 3.23. The third-order valence-corrected chi connectivity index (χ3v) is 3.23. The first-order valence-electron chi connectivity index (χ1n) is 6.80. The Hall–Kier alpha value is -2.34. The summed E-state index contributed by atoms with van der Waals surface area (Å²) in [6, 6.07) is 9.21. The molecule has 0 fully saturated rings. The van der Waals surface area contributed by atoms with Crippen LogP contribution < -0.4 is 5.32 Å². The second kappa shape index (κ2) is 6.90. The molecule has 0 aliphatic heterocycles. The fourth-order valence-electron chi connectivity index (χ4n) is 1.96. The number of aryl methyl sites for hydroxylation is 1. The Balaban J connectivity index is 1.81. The number of amides is 2. The van der Waals surface area contributed by atoms with Gasteiger partial charge in [-0.1, -0.05) is 30.3 Å². The Kier molecular flexibility index (Phi) is 4.94. The van der Waals surface area contributed by atoms with Gasteiger partial charge in [-0.15, -0.1) is 0 Å². The van der Waals surface area contributed by atoms with Crippen molar-refractivity contribution in [1.29, 1.82) is 0 Å². The lowest BCUT2D eigenvalue weighted by Gasteiger charge is -2.19. The van der Waals surface area contributed by atoms with Crippen molar-refractivity contribution in [1.82, 2.24) is 14.7 Å². The van der Waals surface area contributed by atoms with Crippen molar-refractivity contribution >= 4 is 11.7 Å². The molecule has 0 aliphatic carbocycles. The summed E-state index contributed by atoms with van der Waals surface area (Å²) < 4.78 is 1.62. The van der Waals surface area contributed by atoms with Crippen LogP contribution in [0.25, 0.3) is 0 Å². The lowest BCUT2D eigenvalue weighted by Crippen LogP contribution is -2.32. The van der Waals surface area contributed by atoms with Gasteiger partial charge < -0.3 is 15.3 Å². The number of carbonyl (C=O) groups excluding carboxylic acids is 1. The molecule has 1 aromatic carbocycles. The second-order valence-corrected chi connectivity index (χ2v) is 4.97. The highest BCUT2D eigenvalue weighted by Gasteiger charge is 2.13. The van der Waals surface area contributed by atoms with Crippen molar-refractivity contribution in [2.75, 3.05) is 18.9 Å². The lowest BCUT2D eigenvalue weighted by atomic mass is 10.1. The number of anilines is 1. The molecule has 6 nitrogen and oxygen atoms in total. The van der Waals surface area contributed by atoms with Crippen LogP contribution in [0.1, 0.15) is 18.1 Å². The van der Waals surface area contributed by atoms with Crippen LogP contribution in [0.4, 0.5) is 10.5 Å². The third-order valence-electron chi connectivity index (χ3n) is 3.23. The predicted octanol–water partition coefficient (Wildman–Crippen LogP) is 2.01. The van der Waals surface area contributed by atoms with Crippen molar-refractivity contribution < 1.29 is 9.90 Å². The molecule has 0 unspecified atom stereocenters. The quantitative estimate of drug-likeness (QED) is 0.884. The molecule has 112 valence electrons. The molecule has 0 aliphatic rings. The summed E-state index contributed by atoms with van der Waals surface area (Å²) in [7, 11) is 3.49. The number of hydrogen-bond donors (Lipinski definition) is 2. The van der Waals surface area contributed by atoms with Crippen LogP contribution in [0.2, 0.25) is 0 Å². The fraction of sp³-hybridized carbons (Fsp3) is 0.333. The van der Waals surface area contributed by atoms with Gasteiger partial charge in [0.25, 0.3) is 0 Å². The van der Waals surface area contributed by atoms with Gasteiger partial charge in [-0.2, -0.15) is 5.10 Å². The van der Waals surface area contributed by atoms with E-state index in [1.165, 1.54) is 0 Å². The third kappa shape index (κ3) is 4.32. The van der Waals surface area contributed by atoms with Crippen LogP contribution in [0.3, 0.4) is 0 Å². The smallest absolute Gasteiger partial charge is 0.321 e. The Morgan fingerprint density at radius 3 is 2.76 bits per heavy atom. The number of nitrogens with zero attached hydrogens (tertiary/aromatic N) is 3. The fourth-order valence-corrected chi connectivity index (χ4v) is 1.96. The van der Waals surface area contributed by atoms with E-state index in [2.05, 4.69) is 10.4 Å². The Labute approximate surface area is 124 Å². The molecule has 2 amide bonds. The molecular formula is C15H20N4O2. The van der Waals surface area contributed by atoms with E-state index in [-0.39, 0.29) is 6.03 Å². The van der Waals surface area contributed by atoms with Gasteiger partial charge in [-0.05, 0) is 12.0 Å². The highest BCUT2D eigenvalue weighted by Crippen LogP contribution is 2.16. The SMILES string of the molecule is CN(CC[C@H](O)c1ccccc1)C(=O)Nc1cnn(C)c1. The molecule has 6 heteroatoms. The average Bonchev–Trinajstić information content (AvgIpc) is 2.90. The topological polar surface area (TPSA) is 70.4 Å². The van der Waals surface area contributed by atoms with Gasteiger partial charge in [0.15, 0.2) is 0 Å². The zero-order valence-corrected chi connectivity index (χ0v) is 12.2. The number of benzene rings is 1. The number of aliphatic hydroxyl groups is 1. The zero-order valence-electron chi connectivity index (χ0n) is 12.2. The molecule has 0 spiro atoms. The lowest BCUT2D eigenvalue weighted by molar-refractivity contribution is 0.152. The van der Waals surface area contributed by atoms with E-state index in [1.807, 2.05) is 30.3 Å². The van der Waals surface area contributed by atoms with Gasteiger partial charge in [0.2, 0.25) is 0 Å². The van der Waals surface area contributed by atoms with Crippen molar-refractivity contribution in [3.05, 3.63) is 48.3 Å². The number of urea groups is 1. The van der Waals surface area contributed by atoms with Crippen LogP contribution in [-0.2, 0) is 7.05 Å². The summed E-state index contributed by atoms with van der Waals surface area (Å²) in [5, 5.41) is 16.8. The minimum atomic E-state index is -0.570. The molecule has 1 atom stereocenters. The molecule has 21 heavy (non-hydrogen) atoms. The number of nitrogens with one attached hydrogen (secondary N) is 1. The minimum Gasteiger partial charge on any atom is -0.388 e. The van der Waals surface area contributed by atoms with Gasteiger partial charge in [-0.25, -0.2) is 4.79 Å². The van der Waals surface area contributed by atoms with Gasteiger partial charge >= 0.3 is 6.03 Å². The van der Waals surface area contributed by atoms with E-state index in [0.717, 1.165) is 5.56 Å². The van der Waals surface area contributed by atoms with Gasteiger partial charge in [0.1, 0.15) is 0 Å². The van der Waals surface area contributed by atoms with Crippen LogP contribution in [0, 0.1) is 0 Å². The standard InChI is InChI=1S/C15H20N4O2/c1-18(15(21)17-13-10-16-19(2)11-13)9-8-14(20)12-6-4-3-5-7-12/h3-7,10-11,14,20H,8-9H2,1-2H3,(H,17,21)/t14-/m0/s1. The first-order chi connectivity index (χ1) is 10.1. The van der Waals surface area contributed by atoms with Crippen molar-refractivity contribution in [3.63, 3.8) is 0 Å². The normalized spacial score (nSPS) is 12.0. The van der Waals surface area contributed by atoms with E-state index in [1.54, 1.807) is 36.1 Å². The largest absolute Gasteiger partial charge is 0.388 e. The van der Waals surface area contributed by atoms with Gasteiger partial charge in [0, 0.05) is 26.8 Å². The number of rotatable bonds is 5. The molecule has 2 rings (SSSR count). The summed E-state index contributed by atoms with van der Waals surface area (Å²) in [5.74, 6) is 0. The van der Waals surface area contributed by atoms with E-state index < -0.39 is 6.10 Å². The summed E-state index contributed by atoms with van der Waals surface area (Å²) in [6.45, 7) is 0.460. The molecule has 0 bridgehead atoms. The first-order valence-corrected chi connectivity index (χ1v) is 6.80. The van der Waals surface area contributed by atoms with E-state index in [4.69, 9.17) is 0 Å². The minimum absolute atomic E-state index is 0.219. The number of aromatic nitrogens is 2.